The SMILES string of the molecule is CCCNC(=O)CNC(=O)Nc1ccc(NC(=O)C2CC2)cc1. The highest BCUT2D eigenvalue weighted by Gasteiger charge is 2.29. The molecule has 1 aliphatic rings. The van der Waals surface area contributed by atoms with Gasteiger partial charge in [-0.25, -0.2) is 4.79 Å². The number of hydrogen-bond donors (Lipinski definition) is 4. The van der Waals surface area contributed by atoms with Crippen LogP contribution >= 0.6 is 0 Å². The molecule has 4 amide bonds. The van der Waals surface area contributed by atoms with Gasteiger partial charge in [0, 0.05) is 23.8 Å². The maximum atomic E-state index is 11.7. The van der Waals surface area contributed by atoms with Crippen molar-refractivity contribution >= 4 is 29.2 Å². The lowest BCUT2D eigenvalue weighted by molar-refractivity contribution is -0.120. The summed E-state index contributed by atoms with van der Waals surface area (Å²) in [4.78, 5) is 34.7. The van der Waals surface area contributed by atoms with Gasteiger partial charge in [0.25, 0.3) is 0 Å². The van der Waals surface area contributed by atoms with Gasteiger partial charge in [-0.15, -0.1) is 0 Å². The zero-order valence-corrected chi connectivity index (χ0v) is 13.1. The van der Waals surface area contributed by atoms with Crippen LogP contribution in [0.3, 0.4) is 0 Å². The molecule has 0 heterocycles. The average molecular weight is 318 g/mol. The third-order valence-corrected chi connectivity index (χ3v) is 3.34. The molecule has 0 bridgehead atoms. The molecule has 0 atom stereocenters. The second-order valence-corrected chi connectivity index (χ2v) is 5.50. The molecule has 0 unspecified atom stereocenters. The summed E-state index contributed by atoms with van der Waals surface area (Å²) in [7, 11) is 0. The Morgan fingerprint density at radius 1 is 1.00 bits per heavy atom. The van der Waals surface area contributed by atoms with Crippen LogP contribution in [0.15, 0.2) is 24.3 Å². The fourth-order valence-electron chi connectivity index (χ4n) is 1.89. The third kappa shape index (κ3) is 5.98. The summed E-state index contributed by atoms with van der Waals surface area (Å²) in [5.41, 5.74) is 1.28. The van der Waals surface area contributed by atoms with E-state index in [-0.39, 0.29) is 24.3 Å². The van der Waals surface area contributed by atoms with Crippen molar-refractivity contribution < 1.29 is 14.4 Å². The predicted molar refractivity (Wildman–Crippen MR) is 88.1 cm³/mol. The number of anilines is 2. The maximum Gasteiger partial charge on any atom is 0.319 e. The molecule has 0 aliphatic heterocycles. The number of benzene rings is 1. The number of amides is 4. The summed E-state index contributed by atoms with van der Waals surface area (Å²) in [5, 5.41) is 10.6. The minimum absolute atomic E-state index is 0.0431. The zero-order chi connectivity index (χ0) is 16.7. The molecule has 1 saturated carbocycles. The first-order valence-corrected chi connectivity index (χ1v) is 7.81. The van der Waals surface area contributed by atoms with Gasteiger partial charge in [0.15, 0.2) is 0 Å². The quantitative estimate of drug-likeness (QED) is 0.615. The van der Waals surface area contributed by atoms with E-state index in [0.29, 0.717) is 17.9 Å². The van der Waals surface area contributed by atoms with Gasteiger partial charge in [-0.2, -0.15) is 0 Å². The van der Waals surface area contributed by atoms with Crippen molar-refractivity contribution in [2.24, 2.45) is 5.92 Å². The molecule has 0 saturated heterocycles. The van der Waals surface area contributed by atoms with Crippen LogP contribution in [0, 0.1) is 5.92 Å². The number of nitrogens with one attached hydrogen (secondary N) is 4. The molecule has 7 nitrogen and oxygen atoms in total. The molecule has 0 spiro atoms. The first-order valence-electron chi connectivity index (χ1n) is 7.81. The van der Waals surface area contributed by atoms with Crippen LogP contribution in [0.1, 0.15) is 26.2 Å². The van der Waals surface area contributed by atoms with Crippen LogP contribution < -0.4 is 21.3 Å². The van der Waals surface area contributed by atoms with E-state index in [1.165, 1.54) is 0 Å². The van der Waals surface area contributed by atoms with Crippen molar-refractivity contribution in [3.05, 3.63) is 24.3 Å². The first kappa shape index (κ1) is 16.8. The molecular formula is C16H22N4O3. The Bertz CT molecular complexity index is 567. The summed E-state index contributed by atoms with van der Waals surface area (Å²) in [6.45, 7) is 2.48. The Labute approximate surface area is 135 Å². The standard InChI is InChI=1S/C16H22N4O3/c1-2-9-17-14(21)10-18-16(23)20-13-7-5-12(6-8-13)19-15(22)11-3-4-11/h5-8,11H,2-4,9-10H2,1H3,(H,17,21)(H,19,22)(H2,18,20,23). The Kier molecular flexibility index (Phi) is 5.96. The lowest BCUT2D eigenvalue weighted by atomic mass is 10.2. The van der Waals surface area contributed by atoms with E-state index < -0.39 is 6.03 Å². The van der Waals surface area contributed by atoms with Gasteiger partial charge in [-0.1, -0.05) is 6.92 Å². The number of carbonyl (C=O) groups excluding carboxylic acids is 3. The van der Waals surface area contributed by atoms with Crippen LogP contribution in [0.4, 0.5) is 16.2 Å². The summed E-state index contributed by atoms with van der Waals surface area (Å²) in [6, 6.07) is 6.39. The Balaban J connectivity index is 1.73. The van der Waals surface area contributed by atoms with Crippen LogP contribution in [0.25, 0.3) is 0 Å². The van der Waals surface area contributed by atoms with E-state index in [1.807, 2.05) is 6.92 Å². The monoisotopic (exact) mass is 318 g/mol. The van der Waals surface area contributed by atoms with Gasteiger partial charge in [0.1, 0.15) is 0 Å². The van der Waals surface area contributed by atoms with Gasteiger partial charge in [-0.05, 0) is 43.5 Å². The zero-order valence-electron chi connectivity index (χ0n) is 13.1. The molecule has 1 fully saturated rings. The van der Waals surface area contributed by atoms with E-state index in [0.717, 1.165) is 19.3 Å². The molecular weight excluding hydrogens is 296 g/mol. The number of hydrogen-bond acceptors (Lipinski definition) is 3. The predicted octanol–water partition coefficient (Wildman–Crippen LogP) is 1.68. The van der Waals surface area contributed by atoms with E-state index >= 15 is 0 Å². The highest BCUT2D eigenvalue weighted by Crippen LogP contribution is 2.30. The van der Waals surface area contributed by atoms with E-state index in [2.05, 4.69) is 21.3 Å². The van der Waals surface area contributed by atoms with Crippen LogP contribution in [0.2, 0.25) is 0 Å². The first-order chi connectivity index (χ1) is 11.1. The van der Waals surface area contributed by atoms with E-state index in [9.17, 15) is 14.4 Å². The maximum absolute atomic E-state index is 11.7. The van der Waals surface area contributed by atoms with Crippen LogP contribution in [0.5, 0.6) is 0 Å². The van der Waals surface area contributed by atoms with Crippen molar-refractivity contribution in [1.82, 2.24) is 10.6 Å². The molecule has 7 heteroatoms. The number of rotatable bonds is 7. The van der Waals surface area contributed by atoms with Crippen molar-refractivity contribution in [2.45, 2.75) is 26.2 Å². The fraction of sp³-hybridized carbons (Fsp3) is 0.438. The lowest BCUT2D eigenvalue weighted by Gasteiger charge is -2.09. The molecule has 1 aromatic carbocycles. The minimum Gasteiger partial charge on any atom is -0.355 e. The third-order valence-electron chi connectivity index (χ3n) is 3.34. The van der Waals surface area contributed by atoms with Gasteiger partial charge in [0.05, 0.1) is 6.54 Å². The minimum atomic E-state index is -0.452. The molecule has 0 aromatic heterocycles. The van der Waals surface area contributed by atoms with Gasteiger partial charge >= 0.3 is 6.03 Å². The van der Waals surface area contributed by atoms with Crippen molar-refractivity contribution in [1.29, 1.82) is 0 Å². The highest BCUT2D eigenvalue weighted by atomic mass is 16.2. The van der Waals surface area contributed by atoms with Gasteiger partial charge < -0.3 is 21.3 Å². The molecule has 0 radical (unpaired) electrons. The topological polar surface area (TPSA) is 99.3 Å². The van der Waals surface area contributed by atoms with E-state index in [4.69, 9.17) is 0 Å². The summed E-state index contributed by atoms with van der Waals surface area (Å²) >= 11 is 0. The second kappa shape index (κ2) is 8.17. The number of urea groups is 1. The molecule has 1 aliphatic carbocycles. The van der Waals surface area contributed by atoms with Crippen molar-refractivity contribution in [3.63, 3.8) is 0 Å². The van der Waals surface area contributed by atoms with Gasteiger partial charge in [-0.3, -0.25) is 9.59 Å². The number of carbonyl (C=O) groups is 3. The summed E-state index contributed by atoms with van der Waals surface area (Å²) in [6.07, 6.45) is 2.76. The fourth-order valence-corrected chi connectivity index (χ4v) is 1.89. The van der Waals surface area contributed by atoms with Crippen LogP contribution in [-0.2, 0) is 9.59 Å². The lowest BCUT2D eigenvalue weighted by Crippen LogP contribution is -2.39. The molecule has 124 valence electrons. The Hall–Kier alpha value is -2.57. The largest absolute Gasteiger partial charge is 0.355 e. The van der Waals surface area contributed by atoms with Crippen molar-refractivity contribution in [2.75, 3.05) is 23.7 Å². The molecule has 23 heavy (non-hydrogen) atoms. The van der Waals surface area contributed by atoms with E-state index in [1.54, 1.807) is 24.3 Å². The molecule has 1 aromatic rings. The average Bonchev–Trinajstić information content (AvgIpc) is 3.37. The smallest absolute Gasteiger partial charge is 0.319 e. The summed E-state index contributed by atoms with van der Waals surface area (Å²) < 4.78 is 0. The Morgan fingerprint density at radius 2 is 1.61 bits per heavy atom. The Morgan fingerprint density at radius 3 is 2.17 bits per heavy atom. The second-order valence-electron chi connectivity index (χ2n) is 5.50. The highest BCUT2D eigenvalue weighted by molar-refractivity contribution is 5.95. The molecule has 4 N–H and O–H groups in total. The van der Waals surface area contributed by atoms with Crippen LogP contribution in [-0.4, -0.2) is 30.9 Å². The van der Waals surface area contributed by atoms with Gasteiger partial charge in [0.2, 0.25) is 11.8 Å². The normalized spacial score (nSPS) is 13.1. The summed E-state index contributed by atoms with van der Waals surface area (Å²) in [5.74, 6) is -0.0286. The van der Waals surface area contributed by atoms with Crippen molar-refractivity contribution in [3.8, 4) is 0 Å². The molecule has 2 rings (SSSR count).